The summed E-state index contributed by atoms with van der Waals surface area (Å²) in [6, 6.07) is 23.8. The van der Waals surface area contributed by atoms with E-state index in [2.05, 4.69) is 13.2 Å². The monoisotopic (exact) mass is 1100 g/mol. The Morgan fingerprint density at radius 2 is 0.779 bits per heavy atom. The molecule has 0 aliphatic heterocycles. The van der Waals surface area contributed by atoms with Crippen LogP contribution in [-0.4, -0.2) is 79.8 Å². The zero-order valence-corrected chi connectivity index (χ0v) is 41.7. The van der Waals surface area contributed by atoms with Gasteiger partial charge < -0.3 is 18.9 Å². The molecule has 0 bridgehead atoms. The summed E-state index contributed by atoms with van der Waals surface area (Å²) >= 11 is 0. The first kappa shape index (κ1) is 64.1. The molecule has 0 saturated carbocycles. The first-order valence-corrected chi connectivity index (χ1v) is 23.6. The summed E-state index contributed by atoms with van der Waals surface area (Å²) in [5.74, 6) is -38.1. The first-order chi connectivity index (χ1) is 36.0. The number of allylic oxidation sites excluding steroid dienone is 2. The average Bonchev–Trinajstić information content (AvgIpc) is 3.40. The van der Waals surface area contributed by atoms with E-state index >= 15 is 0 Å². The zero-order valence-electron chi connectivity index (χ0n) is 41.7. The van der Waals surface area contributed by atoms with Crippen LogP contribution in [0, 0.1) is 0 Å². The Bertz CT molecular complexity index is 2630. The van der Waals surface area contributed by atoms with Crippen LogP contribution in [0.15, 0.2) is 140 Å². The molecule has 0 aromatic heterocycles. The van der Waals surface area contributed by atoms with Gasteiger partial charge in [-0.2, -0.15) is 57.1 Å². The topological polar surface area (TPSA) is 105 Å². The Hall–Kier alpha value is -7.19. The van der Waals surface area contributed by atoms with E-state index < -0.39 is 58.7 Å². The van der Waals surface area contributed by atoms with Gasteiger partial charge in [0.2, 0.25) is 0 Å². The maximum atomic E-state index is 14.4. The average molecular weight is 1100 g/mol. The minimum Gasteiger partial charge on any atom is -0.494 e. The Labute approximate surface area is 436 Å². The minimum absolute atomic E-state index is 0.0345. The summed E-state index contributed by atoms with van der Waals surface area (Å²) in [4.78, 5) is 47.1. The lowest BCUT2D eigenvalue weighted by Gasteiger charge is -2.39. The Balaban J connectivity index is 0.000000457. The molecule has 0 unspecified atom stereocenters. The highest BCUT2D eigenvalue weighted by atomic mass is 19.4. The maximum Gasteiger partial charge on any atom is 0.460 e. The second-order valence-corrected chi connectivity index (χ2v) is 17.2. The van der Waals surface area contributed by atoms with Crippen LogP contribution in [0.5, 0.6) is 11.5 Å². The van der Waals surface area contributed by atoms with Gasteiger partial charge in [-0.25, -0.2) is 9.59 Å². The molecule has 21 heteroatoms. The number of alkyl halides is 13. The Morgan fingerprint density at radius 1 is 0.429 bits per heavy atom. The second-order valence-electron chi connectivity index (χ2n) is 17.2. The van der Waals surface area contributed by atoms with Crippen molar-refractivity contribution in [3.63, 3.8) is 0 Å². The van der Waals surface area contributed by atoms with E-state index in [1.54, 1.807) is 44.2 Å². The number of benzene rings is 4. The van der Waals surface area contributed by atoms with Crippen molar-refractivity contribution >= 4 is 35.7 Å². The van der Waals surface area contributed by atoms with Crippen LogP contribution >= 0.6 is 0 Å². The highest BCUT2D eigenvalue weighted by Crippen LogP contribution is 2.62. The minimum atomic E-state index is -8.00. The number of esters is 2. The second kappa shape index (κ2) is 28.8. The quantitative estimate of drug-likeness (QED) is 0.0174. The molecule has 0 aliphatic rings. The van der Waals surface area contributed by atoms with E-state index in [1.165, 1.54) is 18.2 Å². The predicted molar refractivity (Wildman–Crippen MR) is 262 cm³/mol. The van der Waals surface area contributed by atoms with Gasteiger partial charge in [-0.1, -0.05) is 92.0 Å². The number of hydrogen-bond acceptors (Lipinski definition) is 8. The number of ether oxygens (including phenoxy) is 4. The van der Waals surface area contributed by atoms with E-state index in [4.69, 9.17) is 18.9 Å². The van der Waals surface area contributed by atoms with Crippen LogP contribution in [-0.2, 0) is 25.0 Å². The molecule has 8 nitrogen and oxygen atoms in total. The third kappa shape index (κ3) is 18.2. The smallest absolute Gasteiger partial charge is 0.460 e. The lowest BCUT2D eigenvalue weighted by atomic mass is 9.90. The molecule has 0 heterocycles. The number of rotatable bonds is 29. The van der Waals surface area contributed by atoms with E-state index in [1.807, 2.05) is 48.5 Å². The largest absolute Gasteiger partial charge is 0.494 e. The SMILES string of the molecule is C=C(C)C(=O)OCCCCCCOc1ccc(/C=C/C(=O)c2ccc(C(F)(F)C(F)(F)C(F)(F)C(F)(F)C(F)(F)C(F)(F)F)cc2)cc1.C=C(C)C(=O)OCCCCCCOc1ccc(C(=O)/C=C/c2ccccc2)cc1. The molecule has 0 spiro atoms. The number of carbonyl (C=O) groups is 4. The molecule has 4 aromatic carbocycles. The summed E-state index contributed by atoms with van der Waals surface area (Å²) in [6.45, 7) is 11.9. The van der Waals surface area contributed by atoms with Gasteiger partial charge in [-0.15, -0.1) is 0 Å². The molecule has 418 valence electrons. The van der Waals surface area contributed by atoms with Gasteiger partial charge in [0.25, 0.3) is 0 Å². The van der Waals surface area contributed by atoms with Crippen LogP contribution in [0.2, 0.25) is 0 Å². The molecular formula is C56H55F13O8. The number of halogens is 13. The molecule has 4 aromatic rings. The molecule has 0 N–H and O–H groups in total. The lowest BCUT2D eigenvalue weighted by Crippen LogP contribution is -2.69. The number of unbranched alkanes of at least 4 members (excludes halogenated alkanes) is 6. The molecule has 0 aliphatic carbocycles. The Kier molecular flexibility index (Phi) is 24.0. The van der Waals surface area contributed by atoms with E-state index in [9.17, 15) is 76.3 Å². The summed E-state index contributed by atoms with van der Waals surface area (Å²) < 4.78 is 196. The van der Waals surface area contributed by atoms with Crippen molar-refractivity contribution in [1.29, 1.82) is 0 Å². The normalized spacial score (nSPS) is 12.4. The van der Waals surface area contributed by atoms with Gasteiger partial charge in [0.15, 0.2) is 11.6 Å². The number of hydrogen-bond donors (Lipinski definition) is 0. The summed E-state index contributed by atoms with van der Waals surface area (Å²) in [5, 5.41) is 0. The van der Waals surface area contributed by atoms with Gasteiger partial charge in [0.05, 0.1) is 26.4 Å². The zero-order chi connectivity index (χ0) is 57.7. The maximum absolute atomic E-state index is 14.4. The molecule has 77 heavy (non-hydrogen) atoms. The van der Waals surface area contributed by atoms with Gasteiger partial charge in [0, 0.05) is 27.8 Å². The molecule has 0 radical (unpaired) electrons. The number of carbonyl (C=O) groups excluding carboxylic acids is 4. The number of ketones is 2. The van der Waals surface area contributed by atoms with Gasteiger partial charge >= 0.3 is 47.7 Å². The molecule has 0 fully saturated rings. The molecular weight excluding hydrogens is 1050 g/mol. The van der Waals surface area contributed by atoms with Crippen molar-refractivity contribution in [2.24, 2.45) is 0 Å². The van der Waals surface area contributed by atoms with Crippen molar-refractivity contribution in [3.8, 4) is 11.5 Å². The van der Waals surface area contributed by atoms with Gasteiger partial charge in [-0.3, -0.25) is 9.59 Å². The van der Waals surface area contributed by atoms with Crippen LogP contribution < -0.4 is 9.47 Å². The van der Waals surface area contributed by atoms with Crippen molar-refractivity contribution in [3.05, 3.63) is 167 Å². The summed E-state index contributed by atoms with van der Waals surface area (Å²) in [5.41, 5.74) is 0.122. The van der Waals surface area contributed by atoms with E-state index in [-0.39, 0.29) is 30.5 Å². The summed E-state index contributed by atoms with van der Waals surface area (Å²) in [7, 11) is 0. The lowest BCUT2D eigenvalue weighted by molar-refractivity contribution is -0.441. The van der Waals surface area contributed by atoms with E-state index in [0.29, 0.717) is 72.8 Å². The van der Waals surface area contributed by atoms with Gasteiger partial charge in [-0.05, 0) is 125 Å². The van der Waals surface area contributed by atoms with E-state index in [0.717, 1.165) is 55.9 Å². The van der Waals surface area contributed by atoms with Crippen molar-refractivity contribution in [2.45, 2.75) is 101 Å². The fourth-order valence-electron chi connectivity index (χ4n) is 6.36. The molecule has 0 amide bonds. The van der Waals surface area contributed by atoms with Crippen LogP contribution in [0.1, 0.15) is 103 Å². The summed E-state index contributed by atoms with van der Waals surface area (Å²) in [6.07, 6.45) is 4.77. The van der Waals surface area contributed by atoms with Crippen LogP contribution in [0.25, 0.3) is 12.2 Å². The third-order valence-electron chi connectivity index (χ3n) is 10.9. The fraction of sp³-hybridized carbons (Fsp3) is 0.357. The molecule has 0 atom stereocenters. The van der Waals surface area contributed by atoms with Crippen LogP contribution in [0.3, 0.4) is 0 Å². The first-order valence-electron chi connectivity index (χ1n) is 23.6. The third-order valence-corrected chi connectivity index (χ3v) is 10.9. The van der Waals surface area contributed by atoms with Crippen LogP contribution in [0.4, 0.5) is 57.1 Å². The Morgan fingerprint density at radius 3 is 1.17 bits per heavy atom. The van der Waals surface area contributed by atoms with Crippen molar-refractivity contribution < 1.29 is 95.2 Å². The predicted octanol–water partition coefficient (Wildman–Crippen LogP) is 15.5. The molecule has 0 saturated heterocycles. The van der Waals surface area contributed by atoms with Crippen molar-refractivity contribution in [1.82, 2.24) is 0 Å². The standard InChI is InChI=1S/C31H27F13O4.C25H28O4/c1-19(2)25(46)48-18-6-4-3-5-17-47-23-14-7-20(8-15-23)9-16-24(45)21-10-12-22(13-11-21)26(32,33)27(34,35)28(36,37)29(38,39)30(40,41)31(42,43)44;1-20(2)25(27)29-19-9-4-3-8-18-28-23-15-13-22(14-16-23)24(26)17-12-21-10-6-5-7-11-21/h7-16H,1,3-6,17-18H2,2H3;5-7,10-17H,1,3-4,8-9,18-19H2,2H3/b16-9+;17-12+. The van der Waals surface area contributed by atoms with Crippen molar-refractivity contribution in [2.75, 3.05) is 26.4 Å². The fourth-order valence-corrected chi connectivity index (χ4v) is 6.36. The molecule has 4 rings (SSSR count). The highest BCUT2D eigenvalue weighted by Gasteiger charge is 2.90. The van der Waals surface area contributed by atoms with Gasteiger partial charge in [0.1, 0.15) is 11.5 Å². The highest BCUT2D eigenvalue weighted by molar-refractivity contribution is 6.07.